The van der Waals surface area contributed by atoms with Crippen molar-refractivity contribution in [3.05, 3.63) is 23.8 Å². The summed E-state index contributed by atoms with van der Waals surface area (Å²) in [5, 5.41) is 2.97. The van der Waals surface area contributed by atoms with Crippen molar-refractivity contribution in [1.29, 1.82) is 0 Å². The van der Waals surface area contributed by atoms with Crippen molar-refractivity contribution in [1.82, 2.24) is 0 Å². The Morgan fingerprint density at radius 2 is 2.24 bits per heavy atom. The van der Waals surface area contributed by atoms with E-state index < -0.39 is 0 Å². The molecule has 3 nitrogen and oxygen atoms in total. The molecule has 0 heterocycles. The van der Waals surface area contributed by atoms with Crippen molar-refractivity contribution in [3.8, 4) is 5.75 Å². The molecule has 0 aromatic heterocycles. The number of nitrogens with one attached hydrogen (secondary N) is 1. The highest BCUT2D eigenvalue weighted by Crippen LogP contribution is 2.30. The van der Waals surface area contributed by atoms with Crippen molar-refractivity contribution < 1.29 is 9.53 Å². The lowest BCUT2D eigenvalue weighted by molar-refractivity contribution is -0.122. The van der Waals surface area contributed by atoms with Gasteiger partial charge in [0.15, 0.2) is 0 Å². The quantitative estimate of drug-likeness (QED) is 0.868. The molecule has 0 radical (unpaired) electrons. The largest absolute Gasteiger partial charge is 0.495 e. The SMILES string of the molecule is CCc1ccc(OC)c(NC(=O)C2CCC2)c1. The molecular formula is C14H19NO2. The average molecular weight is 233 g/mol. The molecule has 1 aromatic carbocycles. The molecule has 1 saturated carbocycles. The molecule has 0 atom stereocenters. The van der Waals surface area contributed by atoms with Crippen LogP contribution in [0.3, 0.4) is 0 Å². The van der Waals surface area contributed by atoms with E-state index in [0.717, 1.165) is 30.7 Å². The van der Waals surface area contributed by atoms with E-state index in [2.05, 4.69) is 12.2 Å². The van der Waals surface area contributed by atoms with Crippen LogP contribution in [0.25, 0.3) is 0 Å². The van der Waals surface area contributed by atoms with Gasteiger partial charge < -0.3 is 10.1 Å². The van der Waals surface area contributed by atoms with E-state index in [1.807, 2.05) is 18.2 Å². The number of carbonyl (C=O) groups is 1. The molecular weight excluding hydrogens is 214 g/mol. The highest BCUT2D eigenvalue weighted by Gasteiger charge is 2.25. The average Bonchev–Trinajstić information content (AvgIpc) is 2.26. The number of ether oxygens (including phenoxy) is 1. The van der Waals surface area contributed by atoms with Crippen LogP contribution in [0.2, 0.25) is 0 Å². The van der Waals surface area contributed by atoms with Crippen LogP contribution in [0, 0.1) is 5.92 Å². The fourth-order valence-corrected chi connectivity index (χ4v) is 1.98. The Bertz CT molecular complexity index is 411. The predicted molar refractivity (Wildman–Crippen MR) is 68.3 cm³/mol. The number of aryl methyl sites for hydroxylation is 1. The van der Waals surface area contributed by atoms with Crippen LogP contribution in [0.1, 0.15) is 31.7 Å². The van der Waals surface area contributed by atoms with Crippen molar-refractivity contribution in [3.63, 3.8) is 0 Å². The Morgan fingerprint density at radius 3 is 2.76 bits per heavy atom. The number of rotatable bonds is 4. The lowest BCUT2D eigenvalue weighted by atomic mass is 9.85. The van der Waals surface area contributed by atoms with Crippen LogP contribution in [0.4, 0.5) is 5.69 Å². The second kappa shape index (κ2) is 5.21. The third-order valence-electron chi connectivity index (χ3n) is 3.41. The van der Waals surface area contributed by atoms with Gasteiger partial charge >= 0.3 is 0 Å². The maximum atomic E-state index is 11.9. The third kappa shape index (κ3) is 2.60. The normalized spacial score (nSPS) is 15.2. The summed E-state index contributed by atoms with van der Waals surface area (Å²) < 4.78 is 5.26. The zero-order valence-electron chi connectivity index (χ0n) is 10.5. The Kier molecular flexibility index (Phi) is 3.67. The molecule has 0 unspecified atom stereocenters. The minimum Gasteiger partial charge on any atom is -0.495 e. The van der Waals surface area contributed by atoms with Gasteiger partial charge in [0.2, 0.25) is 5.91 Å². The zero-order chi connectivity index (χ0) is 12.3. The van der Waals surface area contributed by atoms with Gasteiger partial charge in [0, 0.05) is 5.92 Å². The Balaban J connectivity index is 2.14. The maximum absolute atomic E-state index is 11.9. The summed E-state index contributed by atoms with van der Waals surface area (Å²) in [5.41, 5.74) is 2.00. The van der Waals surface area contributed by atoms with Crippen molar-refractivity contribution >= 4 is 11.6 Å². The van der Waals surface area contributed by atoms with Crippen LogP contribution in [-0.2, 0) is 11.2 Å². The van der Waals surface area contributed by atoms with Gasteiger partial charge in [0.25, 0.3) is 0 Å². The first-order chi connectivity index (χ1) is 8.24. The smallest absolute Gasteiger partial charge is 0.227 e. The molecule has 1 aliphatic rings. The summed E-state index contributed by atoms with van der Waals surface area (Å²) in [7, 11) is 1.62. The van der Waals surface area contributed by atoms with Crippen LogP contribution >= 0.6 is 0 Å². The standard InChI is InChI=1S/C14H19NO2/c1-3-10-7-8-13(17-2)12(9-10)15-14(16)11-5-4-6-11/h7-9,11H,3-6H2,1-2H3,(H,15,16). The van der Waals surface area contributed by atoms with E-state index in [4.69, 9.17) is 4.74 Å². The Labute approximate surface area is 102 Å². The summed E-state index contributed by atoms with van der Waals surface area (Å²) >= 11 is 0. The van der Waals surface area contributed by atoms with Gasteiger partial charge in [-0.1, -0.05) is 19.4 Å². The lowest BCUT2D eigenvalue weighted by Crippen LogP contribution is -2.28. The summed E-state index contributed by atoms with van der Waals surface area (Å²) in [6.45, 7) is 2.10. The molecule has 17 heavy (non-hydrogen) atoms. The van der Waals surface area contributed by atoms with Gasteiger partial charge in [-0.3, -0.25) is 4.79 Å². The Morgan fingerprint density at radius 1 is 1.47 bits per heavy atom. The molecule has 1 aliphatic carbocycles. The van der Waals surface area contributed by atoms with Crippen LogP contribution < -0.4 is 10.1 Å². The fourth-order valence-electron chi connectivity index (χ4n) is 1.98. The fraction of sp³-hybridized carbons (Fsp3) is 0.500. The molecule has 0 bridgehead atoms. The van der Waals surface area contributed by atoms with Crippen molar-refractivity contribution in [2.75, 3.05) is 12.4 Å². The van der Waals surface area contributed by atoms with Gasteiger partial charge in [-0.25, -0.2) is 0 Å². The number of hydrogen-bond acceptors (Lipinski definition) is 2. The summed E-state index contributed by atoms with van der Waals surface area (Å²) in [4.78, 5) is 11.9. The predicted octanol–water partition coefficient (Wildman–Crippen LogP) is 3.00. The van der Waals surface area contributed by atoms with Gasteiger partial charge in [0.1, 0.15) is 5.75 Å². The molecule has 0 saturated heterocycles. The number of benzene rings is 1. The van der Waals surface area contributed by atoms with Gasteiger partial charge in [-0.05, 0) is 37.0 Å². The van der Waals surface area contributed by atoms with Gasteiger partial charge in [-0.15, -0.1) is 0 Å². The van der Waals surface area contributed by atoms with Crippen LogP contribution in [0.5, 0.6) is 5.75 Å². The summed E-state index contributed by atoms with van der Waals surface area (Å²) in [5.74, 6) is 1.06. The topological polar surface area (TPSA) is 38.3 Å². The second-order valence-corrected chi connectivity index (χ2v) is 4.51. The van der Waals surface area contributed by atoms with E-state index in [-0.39, 0.29) is 11.8 Å². The molecule has 92 valence electrons. The first kappa shape index (κ1) is 12.0. The molecule has 2 rings (SSSR count). The van der Waals surface area contributed by atoms with Crippen molar-refractivity contribution in [2.45, 2.75) is 32.6 Å². The van der Waals surface area contributed by atoms with Crippen molar-refractivity contribution in [2.24, 2.45) is 5.92 Å². The Hall–Kier alpha value is -1.51. The van der Waals surface area contributed by atoms with E-state index in [1.54, 1.807) is 7.11 Å². The zero-order valence-corrected chi connectivity index (χ0v) is 10.5. The lowest BCUT2D eigenvalue weighted by Gasteiger charge is -2.24. The van der Waals surface area contributed by atoms with E-state index in [9.17, 15) is 4.79 Å². The van der Waals surface area contributed by atoms with E-state index in [0.29, 0.717) is 0 Å². The second-order valence-electron chi connectivity index (χ2n) is 4.51. The number of anilines is 1. The highest BCUT2D eigenvalue weighted by molar-refractivity contribution is 5.94. The molecule has 0 aliphatic heterocycles. The number of amides is 1. The minimum atomic E-state index is 0.128. The minimum absolute atomic E-state index is 0.128. The van der Waals surface area contributed by atoms with E-state index >= 15 is 0 Å². The maximum Gasteiger partial charge on any atom is 0.227 e. The molecule has 0 spiro atoms. The first-order valence-corrected chi connectivity index (χ1v) is 6.22. The first-order valence-electron chi connectivity index (χ1n) is 6.22. The molecule has 1 amide bonds. The van der Waals surface area contributed by atoms with Gasteiger partial charge in [-0.2, -0.15) is 0 Å². The number of hydrogen-bond donors (Lipinski definition) is 1. The highest BCUT2D eigenvalue weighted by atomic mass is 16.5. The van der Waals surface area contributed by atoms with Crippen LogP contribution in [0.15, 0.2) is 18.2 Å². The molecule has 1 fully saturated rings. The third-order valence-corrected chi connectivity index (χ3v) is 3.41. The monoisotopic (exact) mass is 233 g/mol. The molecule has 3 heteroatoms. The summed E-state index contributed by atoms with van der Waals surface area (Å²) in [6.07, 6.45) is 4.16. The van der Waals surface area contributed by atoms with Crippen LogP contribution in [-0.4, -0.2) is 13.0 Å². The molecule has 1 aromatic rings. The number of carbonyl (C=O) groups excluding carboxylic acids is 1. The number of methoxy groups -OCH3 is 1. The van der Waals surface area contributed by atoms with E-state index in [1.165, 1.54) is 12.0 Å². The van der Waals surface area contributed by atoms with Gasteiger partial charge in [0.05, 0.1) is 12.8 Å². The summed E-state index contributed by atoms with van der Waals surface area (Å²) in [6, 6.07) is 5.93. The molecule has 1 N–H and O–H groups in total.